The van der Waals surface area contributed by atoms with Crippen LogP contribution >= 0.6 is 0 Å². The first-order valence-corrected chi connectivity index (χ1v) is 5.05. The van der Waals surface area contributed by atoms with Crippen LogP contribution in [0.4, 0.5) is 22.0 Å². The zero-order valence-electron chi connectivity index (χ0n) is 8.80. The van der Waals surface area contributed by atoms with E-state index in [9.17, 15) is 22.0 Å². The SMILES string of the molecule is CC(C)C1(C(F)(F)F)CCC(F)(F)CC1. The average Bonchev–Trinajstić information content (AvgIpc) is 2.01. The molecule has 1 aliphatic carbocycles. The molecular formula is C10H15F5. The lowest BCUT2D eigenvalue weighted by Crippen LogP contribution is -2.47. The largest absolute Gasteiger partial charge is 0.394 e. The van der Waals surface area contributed by atoms with Crippen molar-refractivity contribution < 1.29 is 22.0 Å². The van der Waals surface area contributed by atoms with Crippen molar-refractivity contribution in [3.8, 4) is 0 Å². The predicted molar refractivity (Wildman–Crippen MR) is 46.7 cm³/mol. The second-order valence-electron chi connectivity index (χ2n) is 4.66. The molecule has 1 rings (SSSR count). The predicted octanol–water partition coefficient (Wildman–Crippen LogP) is 4.40. The van der Waals surface area contributed by atoms with E-state index in [4.69, 9.17) is 0 Å². The highest BCUT2D eigenvalue weighted by Crippen LogP contribution is 2.56. The molecule has 0 amide bonds. The molecular weight excluding hydrogens is 215 g/mol. The Morgan fingerprint density at radius 1 is 0.933 bits per heavy atom. The van der Waals surface area contributed by atoms with Crippen molar-refractivity contribution in [1.29, 1.82) is 0 Å². The molecule has 0 aliphatic heterocycles. The minimum Gasteiger partial charge on any atom is -0.207 e. The standard InChI is InChI=1S/C10H15F5/c1-7(2)8(10(13,14)15)3-5-9(11,12)6-4-8/h7H,3-6H2,1-2H3. The molecule has 0 atom stereocenters. The van der Waals surface area contributed by atoms with Gasteiger partial charge in [0, 0.05) is 12.8 Å². The van der Waals surface area contributed by atoms with Crippen LogP contribution in [-0.4, -0.2) is 12.1 Å². The summed E-state index contributed by atoms with van der Waals surface area (Å²) in [4.78, 5) is 0. The van der Waals surface area contributed by atoms with Crippen LogP contribution in [0.2, 0.25) is 0 Å². The van der Waals surface area contributed by atoms with Gasteiger partial charge >= 0.3 is 6.18 Å². The third-order valence-corrected chi connectivity index (χ3v) is 3.54. The van der Waals surface area contributed by atoms with Crippen molar-refractivity contribution in [3.05, 3.63) is 0 Å². The molecule has 0 unspecified atom stereocenters. The van der Waals surface area contributed by atoms with Gasteiger partial charge in [-0.25, -0.2) is 8.78 Å². The van der Waals surface area contributed by atoms with Gasteiger partial charge in [-0.1, -0.05) is 13.8 Å². The summed E-state index contributed by atoms with van der Waals surface area (Å²) in [5, 5.41) is 0. The fourth-order valence-corrected chi connectivity index (χ4v) is 2.25. The van der Waals surface area contributed by atoms with E-state index in [1.54, 1.807) is 0 Å². The fraction of sp³-hybridized carbons (Fsp3) is 1.00. The second-order valence-corrected chi connectivity index (χ2v) is 4.66. The molecule has 0 nitrogen and oxygen atoms in total. The molecule has 0 aromatic heterocycles. The number of hydrogen-bond donors (Lipinski definition) is 0. The van der Waals surface area contributed by atoms with Crippen molar-refractivity contribution in [2.45, 2.75) is 51.6 Å². The lowest BCUT2D eigenvalue weighted by atomic mass is 9.65. The van der Waals surface area contributed by atoms with E-state index in [-0.39, 0.29) is 0 Å². The lowest BCUT2D eigenvalue weighted by Gasteiger charge is -2.44. The van der Waals surface area contributed by atoms with E-state index in [1.807, 2.05) is 0 Å². The van der Waals surface area contributed by atoms with Crippen LogP contribution < -0.4 is 0 Å². The molecule has 0 N–H and O–H groups in total. The molecule has 0 heterocycles. The average molecular weight is 230 g/mol. The van der Waals surface area contributed by atoms with Crippen molar-refractivity contribution in [1.82, 2.24) is 0 Å². The Morgan fingerprint density at radius 3 is 1.60 bits per heavy atom. The highest BCUT2D eigenvalue weighted by Gasteiger charge is 2.59. The van der Waals surface area contributed by atoms with Crippen LogP contribution in [0.15, 0.2) is 0 Å². The van der Waals surface area contributed by atoms with Crippen LogP contribution in [0.5, 0.6) is 0 Å². The maximum Gasteiger partial charge on any atom is 0.394 e. The molecule has 5 heteroatoms. The van der Waals surface area contributed by atoms with Gasteiger partial charge in [0.2, 0.25) is 5.92 Å². The number of rotatable bonds is 1. The Balaban J connectivity index is 2.89. The highest BCUT2D eigenvalue weighted by molar-refractivity contribution is 4.95. The third-order valence-electron chi connectivity index (χ3n) is 3.54. The monoisotopic (exact) mass is 230 g/mol. The van der Waals surface area contributed by atoms with Crippen molar-refractivity contribution >= 4 is 0 Å². The molecule has 0 bridgehead atoms. The van der Waals surface area contributed by atoms with Gasteiger partial charge in [-0.15, -0.1) is 0 Å². The lowest BCUT2D eigenvalue weighted by molar-refractivity contribution is -0.263. The molecule has 0 saturated heterocycles. The van der Waals surface area contributed by atoms with Gasteiger partial charge in [-0.2, -0.15) is 13.2 Å². The number of hydrogen-bond acceptors (Lipinski definition) is 0. The van der Waals surface area contributed by atoms with Gasteiger partial charge in [0.15, 0.2) is 0 Å². The molecule has 0 radical (unpaired) electrons. The molecule has 90 valence electrons. The zero-order valence-corrected chi connectivity index (χ0v) is 8.80. The van der Waals surface area contributed by atoms with E-state index in [1.165, 1.54) is 13.8 Å². The van der Waals surface area contributed by atoms with Crippen molar-refractivity contribution in [3.63, 3.8) is 0 Å². The van der Waals surface area contributed by atoms with E-state index >= 15 is 0 Å². The number of alkyl halides is 5. The summed E-state index contributed by atoms with van der Waals surface area (Å²) in [6.45, 7) is 2.91. The molecule has 1 fully saturated rings. The summed E-state index contributed by atoms with van der Waals surface area (Å²) in [7, 11) is 0. The Kier molecular flexibility index (Phi) is 3.05. The summed E-state index contributed by atoms with van der Waals surface area (Å²) in [5.41, 5.74) is -1.91. The summed E-state index contributed by atoms with van der Waals surface area (Å²) in [5.74, 6) is -3.56. The van der Waals surface area contributed by atoms with E-state index in [2.05, 4.69) is 0 Å². The molecule has 0 aromatic rings. The summed E-state index contributed by atoms with van der Waals surface area (Å²) >= 11 is 0. The zero-order chi connectivity index (χ0) is 11.9. The van der Waals surface area contributed by atoms with Gasteiger partial charge < -0.3 is 0 Å². The first-order chi connectivity index (χ1) is 6.61. The van der Waals surface area contributed by atoms with Gasteiger partial charge in [-0.05, 0) is 18.8 Å². The van der Waals surface area contributed by atoms with E-state index in [0.717, 1.165) is 0 Å². The van der Waals surface area contributed by atoms with Gasteiger partial charge in [0.25, 0.3) is 0 Å². The van der Waals surface area contributed by atoms with E-state index < -0.39 is 49.1 Å². The van der Waals surface area contributed by atoms with Crippen molar-refractivity contribution in [2.75, 3.05) is 0 Å². The van der Waals surface area contributed by atoms with E-state index in [0.29, 0.717) is 0 Å². The summed E-state index contributed by atoms with van der Waals surface area (Å²) in [6.07, 6.45) is -6.59. The smallest absolute Gasteiger partial charge is 0.207 e. The van der Waals surface area contributed by atoms with Gasteiger partial charge in [0.1, 0.15) is 0 Å². The number of halogens is 5. The minimum atomic E-state index is -4.38. The first-order valence-electron chi connectivity index (χ1n) is 5.05. The fourth-order valence-electron chi connectivity index (χ4n) is 2.25. The second kappa shape index (κ2) is 3.59. The Labute approximate surface area is 85.8 Å². The molecule has 0 aromatic carbocycles. The van der Waals surface area contributed by atoms with Crippen molar-refractivity contribution in [2.24, 2.45) is 11.3 Å². The minimum absolute atomic E-state index is 0.457. The van der Waals surface area contributed by atoms with Crippen LogP contribution in [0.1, 0.15) is 39.5 Å². The third kappa shape index (κ3) is 2.26. The summed E-state index contributed by atoms with van der Waals surface area (Å²) < 4.78 is 64.2. The topological polar surface area (TPSA) is 0 Å². The quantitative estimate of drug-likeness (QED) is 0.585. The van der Waals surface area contributed by atoms with Crippen LogP contribution in [0, 0.1) is 11.3 Å². The Bertz CT molecular complexity index is 218. The van der Waals surface area contributed by atoms with Gasteiger partial charge in [0.05, 0.1) is 5.41 Å². The van der Waals surface area contributed by atoms with Crippen LogP contribution in [-0.2, 0) is 0 Å². The molecule has 1 aliphatic rings. The molecule has 0 spiro atoms. The molecule has 15 heavy (non-hydrogen) atoms. The van der Waals surface area contributed by atoms with Gasteiger partial charge in [-0.3, -0.25) is 0 Å². The highest BCUT2D eigenvalue weighted by atomic mass is 19.4. The maximum absolute atomic E-state index is 12.9. The molecule has 1 saturated carbocycles. The maximum atomic E-state index is 12.9. The normalized spacial score (nSPS) is 25.6. The summed E-state index contributed by atoms with van der Waals surface area (Å²) in [6, 6.07) is 0. The first kappa shape index (κ1) is 12.7. The van der Waals surface area contributed by atoms with Crippen LogP contribution in [0.25, 0.3) is 0 Å². The Hall–Kier alpha value is -0.350. The van der Waals surface area contributed by atoms with Crippen LogP contribution in [0.3, 0.4) is 0 Å². The Morgan fingerprint density at radius 2 is 1.33 bits per heavy atom.